The van der Waals surface area contributed by atoms with Gasteiger partial charge in [-0.25, -0.2) is 4.98 Å². The molecular formula is C17H15ClN6. The number of hydrogen-bond acceptors (Lipinski definition) is 5. The fraction of sp³-hybridized carbons (Fsp3) is 0.176. The van der Waals surface area contributed by atoms with Crippen LogP contribution >= 0.6 is 11.6 Å². The molecule has 1 aromatic carbocycles. The van der Waals surface area contributed by atoms with E-state index in [1.807, 2.05) is 36.7 Å². The number of rotatable bonds is 4. The van der Waals surface area contributed by atoms with Crippen LogP contribution in [0.1, 0.15) is 12.5 Å². The van der Waals surface area contributed by atoms with Crippen molar-refractivity contribution in [2.75, 3.05) is 11.9 Å². The molecule has 7 heteroatoms. The quantitative estimate of drug-likeness (QED) is 0.736. The first-order chi connectivity index (χ1) is 11.6. The van der Waals surface area contributed by atoms with Crippen LogP contribution < -0.4 is 5.32 Å². The summed E-state index contributed by atoms with van der Waals surface area (Å²) in [6, 6.07) is 11.3. The van der Waals surface area contributed by atoms with Crippen molar-refractivity contribution >= 4 is 17.4 Å². The minimum Gasteiger partial charge on any atom is -0.370 e. The van der Waals surface area contributed by atoms with Gasteiger partial charge in [0, 0.05) is 19.2 Å². The number of anilines is 1. The molecule has 3 aromatic rings. The summed E-state index contributed by atoms with van der Waals surface area (Å²) in [5, 5.41) is 20.9. The molecule has 0 amide bonds. The molecule has 0 bridgehead atoms. The third-order valence-corrected chi connectivity index (χ3v) is 3.76. The minimum atomic E-state index is 0.384. The Hall–Kier alpha value is -2.91. The van der Waals surface area contributed by atoms with Crippen molar-refractivity contribution in [3.8, 4) is 28.6 Å². The van der Waals surface area contributed by atoms with E-state index in [1.54, 1.807) is 18.5 Å². The van der Waals surface area contributed by atoms with Crippen molar-refractivity contribution < 1.29 is 0 Å². The molecule has 24 heavy (non-hydrogen) atoms. The zero-order valence-electron chi connectivity index (χ0n) is 13.3. The van der Waals surface area contributed by atoms with Crippen LogP contribution in [0.2, 0.25) is 5.15 Å². The first kappa shape index (κ1) is 16.0. The molecular weight excluding hydrogens is 324 g/mol. The van der Waals surface area contributed by atoms with E-state index in [0.29, 0.717) is 22.4 Å². The second kappa shape index (κ2) is 6.69. The van der Waals surface area contributed by atoms with Crippen LogP contribution in [0.25, 0.3) is 22.5 Å². The number of aromatic nitrogens is 4. The third kappa shape index (κ3) is 3.07. The lowest BCUT2D eigenvalue weighted by Gasteiger charge is -2.12. The largest absolute Gasteiger partial charge is 0.370 e. The van der Waals surface area contributed by atoms with Gasteiger partial charge < -0.3 is 9.88 Å². The molecule has 120 valence electrons. The predicted octanol–water partition coefficient (Wildman–Crippen LogP) is 3.50. The van der Waals surface area contributed by atoms with Gasteiger partial charge in [-0.3, -0.25) is 0 Å². The molecule has 2 aromatic heterocycles. The van der Waals surface area contributed by atoms with E-state index in [4.69, 9.17) is 11.6 Å². The van der Waals surface area contributed by atoms with Gasteiger partial charge in [0.25, 0.3) is 0 Å². The minimum absolute atomic E-state index is 0.384. The average Bonchev–Trinajstić information content (AvgIpc) is 3.00. The Kier molecular flexibility index (Phi) is 4.45. The van der Waals surface area contributed by atoms with Gasteiger partial charge in [0.05, 0.1) is 11.6 Å². The van der Waals surface area contributed by atoms with Crippen LogP contribution in [0.5, 0.6) is 0 Å². The summed E-state index contributed by atoms with van der Waals surface area (Å²) in [5.74, 6) is 1.40. The fourth-order valence-electron chi connectivity index (χ4n) is 2.50. The molecule has 0 saturated carbocycles. The lowest BCUT2D eigenvalue weighted by Crippen LogP contribution is -2.00. The van der Waals surface area contributed by atoms with Gasteiger partial charge >= 0.3 is 0 Å². The maximum atomic E-state index is 9.24. The number of pyridine rings is 1. The van der Waals surface area contributed by atoms with E-state index in [9.17, 15) is 5.26 Å². The molecule has 0 aliphatic heterocycles. The number of nitrogens with one attached hydrogen (secondary N) is 1. The van der Waals surface area contributed by atoms with Crippen molar-refractivity contribution in [2.45, 2.75) is 6.92 Å². The first-order valence-corrected chi connectivity index (χ1v) is 7.80. The van der Waals surface area contributed by atoms with Gasteiger partial charge in [0.1, 0.15) is 17.3 Å². The molecule has 0 saturated heterocycles. The Morgan fingerprint density at radius 3 is 2.75 bits per heavy atom. The van der Waals surface area contributed by atoms with E-state index in [2.05, 4.69) is 26.6 Å². The number of nitriles is 1. The third-order valence-electron chi connectivity index (χ3n) is 3.56. The number of benzene rings is 1. The Morgan fingerprint density at radius 2 is 2.08 bits per heavy atom. The van der Waals surface area contributed by atoms with E-state index in [1.165, 1.54) is 0 Å². The molecule has 2 heterocycles. The van der Waals surface area contributed by atoms with Crippen molar-refractivity contribution in [1.82, 2.24) is 19.7 Å². The fourth-order valence-corrected chi connectivity index (χ4v) is 2.71. The molecule has 0 radical (unpaired) electrons. The van der Waals surface area contributed by atoms with E-state index >= 15 is 0 Å². The Labute approximate surface area is 144 Å². The summed E-state index contributed by atoms with van der Waals surface area (Å²) in [6.07, 6.45) is 1.64. The standard InChI is InChI=1S/C17H15ClN6/c1-3-20-16-8-12(7-15(18)22-16)14-6-11(9-19)4-5-13(14)17-23-21-10-24(17)2/h4-8,10H,3H2,1-2H3,(H,20,22). The molecule has 0 aliphatic carbocycles. The summed E-state index contributed by atoms with van der Waals surface area (Å²) >= 11 is 6.17. The first-order valence-electron chi connectivity index (χ1n) is 7.42. The summed E-state index contributed by atoms with van der Waals surface area (Å²) in [4.78, 5) is 4.26. The number of halogens is 1. The van der Waals surface area contributed by atoms with Crippen molar-refractivity contribution in [3.63, 3.8) is 0 Å². The van der Waals surface area contributed by atoms with Crippen LogP contribution in [-0.2, 0) is 7.05 Å². The highest BCUT2D eigenvalue weighted by Gasteiger charge is 2.14. The predicted molar refractivity (Wildman–Crippen MR) is 93.6 cm³/mol. The zero-order valence-corrected chi connectivity index (χ0v) is 14.0. The van der Waals surface area contributed by atoms with Gasteiger partial charge in [0.2, 0.25) is 0 Å². The van der Waals surface area contributed by atoms with Crippen LogP contribution in [0.4, 0.5) is 5.82 Å². The molecule has 1 N–H and O–H groups in total. The molecule has 0 unspecified atom stereocenters. The Morgan fingerprint density at radius 1 is 1.25 bits per heavy atom. The van der Waals surface area contributed by atoms with Gasteiger partial charge in [0.15, 0.2) is 5.82 Å². The second-order valence-corrected chi connectivity index (χ2v) is 5.62. The highest BCUT2D eigenvalue weighted by molar-refractivity contribution is 6.29. The molecule has 0 spiro atoms. The Balaban J connectivity index is 2.23. The monoisotopic (exact) mass is 338 g/mol. The van der Waals surface area contributed by atoms with Crippen LogP contribution in [0.3, 0.4) is 0 Å². The summed E-state index contributed by atoms with van der Waals surface area (Å²) in [5.41, 5.74) is 3.15. The normalized spacial score (nSPS) is 10.4. The highest BCUT2D eigenvalue weighted by atomic mass is 35.5. The number of aryl methyl sites for hydroxylation is 1. The lowest BCUT2D eigenvalue weighted by atomic mass is 9.97. The highest BCUT2D eigenvalue weighted by Crippen LogP contribution is 2.33. The van der Waals surface area contributed by atoms with Crippen LogP contribution in [0.15, 0.2) is 36.7 Å². The van der Waals surface area contributed by atoms with Gasteiger partial charge in [-0.1, -0.05) is 11.6 Å². The second-order valence-electron chi connectivity index (χ2n) is 5.23. The summed E-state index contributed by atoms with van der Waals surface area (Å²) < 4.78 is 1.83. The zero-order chi connectivity index (χ0) is 17.1. The van der Waals surface area contributed by atoms with E-state index in [-0.39, 0.29) is 0 Å². The summed E-state index contributed by atoms with van der Waals surface area (Å²) in [6.45, 7) is 2.73. The molecule has 3 rings (SSSR count). The van der Waals surface area contributed by atoms with Crippen LogP contribution in [0, 0.1) is 11.3 Å². The number of hydrogen-bond donors (Lipinski definition) is 1. The lowest BCUT2D eigenvalue weighted by molar-refractivity contribution is 0.920. The number of nitrogens with zero attached hydrogens (tertiary/aromatic N) is 5. The molecule has 0 atom stereocenters. The molecule has 0 aliphatic rings. The maximum Gasteiger partial charge on any atom is 0.164 e. The van der Waals surface area contributed by atoms with E-state index in [0.717, 1.165) is 23.2 Å². The summed E-state index contributed by atoms with van der Waals surface area (Å²) in [7, 11) is 1.88. The van der Waals surface area contributed by atoms with Crippen molar-refractivity contribution in [3.05, 3.63) is 47.4 Å². The average molecular weight is 339 g/mol. The smallest absolute Gasteiger partial charge is 0.164 e. The van der Waals surface area contributed by atoms with E-state index < -0.39 is 0 Å². The van der Waals surface area contributed by atoms with Gasteiger partial charge in [-0.15, -0.1) is 10.2 Å². The van der Waals surface area contributed by atoms with Crippen molar-refractivity contribution in [1.29, 1.82) is 5.26 Å². The molecule has 0 fully saturated rings. The Bertz CT molecular complexity index is 925. The SMILES string of the molecule is CCNc1cc(-c2cc(C#N)ccc2-c2nncn2C)cc(Cl)n1. The van der Waals surface area contributed by atoms with Gasteiger partial charge in [-0.2, -0.15) is 5.26 Å². The molecule has 6 nitrogen and oxygen atoms in total. The van der Waals surface area contributed by atoms with Crippen LogP contribution in [-0.4, -0.2) is 26.3 Å². The topological polar surface area (TPSA) is 79.4 Å². The van der Waals surface area contributed by atoms with Gasteiger partial charge in [-0.05, 0) is 48.4 Å². The van der Waals surface area contributed by atoms with Crippen molar-refractivity contribution in [2.24, 2.45) is 7.05 Å². The maximum absolute atomic E-state index is 9.24.